The minimum absolute atomic E-state index is 0.243. The lowest BCUT2D eigenvalue weighted by molar-refractivity contribution is 0.0995. The Morgan fingerprint density at radius 2 is 2.13 bits per heavy atom. The summed E-state index contributed by atoms with van der Waals surface area (Å²) in [5, 5.41) is 3.77. The molecule has 0 bridgehead atoms. The summed E-state index contributed by atoms with van der Waals surface area (Å²) >= 11 is 1.56. The van der Waals surface area contributed by atoms with E-state index in [4.69, 9.17) is 4.42 Å². The number of amides is 1. The number of carbonyl (C=O) groups is 1. The zero-order valence-electron chi connectivity index (χ0n) is 12.9. The number of rotatable bonds is 5. The van der Waals surface area contributed by atoms with Gasteiger partial charge in [0.2, 0.25) is 0 Å². The Bertz CT molecular complexity index is 823. The second-order valence-electron chi connectivity index (χ2n) is 5.14. The molecular weight excluding hydrogens is 310 g/mol. The van der Waals surface area contributed by atoms with Crippen LogP contribution in [-0.4, -0.2) is 15.5 Å². The minimum atomic E-state index is -0.243. The number of furan rings is 1. The molecule has 1 amide bonds. The van der Waals surface area contributed by atoms with Gasteiger partial charge in [-0.25, -0.2) is 4.98 Å². The highest BCUT2D eigenvalue weighted by Gasteiger charge is 2.13. The Labute approximate surface area is 138 Å². The molecule has 2 aromatic heterocycles. The topological polar surface area (TPSA) is 60.1 Å². The van der Waals surface area contributed by atoms with Crippen molar-refractivity contribution in [1.82, 2.24) is 9.55 Å². The average molecular weight is 327 g/mol. The molecule has 1 N–H and O–H groups in total. The molecule has 1 aromatic carbocycles. The van der Waals surface area contributed by atoms with Gasteiger partial charge < -0.3 is 14.3 Å². The third kappa shape index (κ3) is 3.65. The first-order valence-electron chi connectivity index (χ1n) is 7.19. The van der Waals surface area contributed by atoms with Gasteiger partial charge in [0, 0.05) is 25.1 Å². The number of nitrogens with zero attached hydrogens (tertiary/aromatic N) is 2. The highest BCUT2D eigenvalue weighted by atomic mass is 32.2. The number of thioether (sulfide) groups is 1. The summed E-state index contributed by atoms with van der Waals surface area (Å²) in [6.45, 7) is 1.95. The fourth-order valence-electron chi connectivity index (χ4n) is 2.10. The van der Waals surface area contributed by atoms with Gasteiger partial charge in [-0.1, -0.05) is 30.0 Å². The van der Waals surface area contributed by atoms with Gasteiger partial charge in [-0.15, -0.1) is 0 Å². The molecular formula is C17H17N3O2S. The zero-order valence-corrected chi connectivity index (χ0v) is 13.8. The Kier molecular flexibility index (Phi) is 4.52. The fourth-order valence-corrected chi connectivity index (χ4v) is 2.93. The number of hydrogen-bond donors (Lipinski definition) is 1. The van der Waals surface area contributed by atoms with Gasteiger partial charge in [-0.05, 0) is 30.7 Å². The van der Waals surface area contributed by atoms with E-state index in [0.717, 1.165) is 22.2 Å². The minimum Gasteiger partial charge on any atom is -0.455 e. The predicted molar refractivity (Wildman–Crippen MR) is 90.6 cm³/mol. The van der Waals surface area contributed by atoms with E-state index in [-0.39, 0.29) is 5.91 Å². The molecule has 118 valence electrons. The molecule has 0 aliphatic heterocycles. The average Bonchev–Trinajstić information content (AvgIpc) is 3.16. The number of anilines is 1. The molecule has 3 rings (SSSR count). The van der Waals surface area contributed by atoms with Gasteiger partial charge in [0.15, 0.2) is 10.9 Å². The van der Waals surface area contributed by atoms with Crippen molar-refractivity contribution in [2.24, 2.45) is 7.05 Å². The normalized spacial score (nSPS) is 10.7. The van der Waals surface area contributed by atoms with Crippen LogP contribution in [0.25, 0.3) is 0 Å². The second kappa shape index (κ2) is 6.75. The zero-order chi connectivity index (χ0) is 16.2. The SMILES string of the molecule is Cc1ccccc1NC(=O)c1ccc(CSc2nccn2C)o1. The van der Waals surface area contributed by atoms with Crippen molar-refractivity contribution >= 4 is 23.4 Å². The lowest BCUT2D eigenvalue weighted by Gasteiger charge is -2.06. The Morgan fingerprint density at radius 3 is 2.87 bits per heavy atom. The maximum atomic E-state index is 12.2. The van der Waals surface area contributed by atoms with Crippen LogP contribution in [-0.2, 0) is 12.8 Å². The number of aryl methyl sites for hydroxylation is 2. The molecule has 0 radical (unpaired) electrons. The van der Waals surface area contributed by atoms with E-state index in [1.165, 1.54) is 0 Å². The van der Waals surface area contributed by atoms with Gasteiger partial charge >= 0.3 is 0 Å². The number of hydrogen-bond acceptors (Lipinski definition) is 4. The van der Waals surface area contributed by atoms with E-state index in [1.54, 1.807) is 24.0 Å². The van der Waals surface area contributed by atoms with Crippen LogP contribution < -0.4 is 5.32 Å². The Balaban J connectivity index is 1.63. The molecule has 0 aliphatic rings. The first-order valence-corrected chi connectivity index (χ1v) is 8.18. The number of nitrogens with one attached hydrogen (secondary N) is 1. The maximum absolute atomic E-state index is 12.2. The first-order chi connectivity index (χ1) is 11.1. The van der Waals surface area contributed by atoms with Crippen molar-refractivity contribution in [1.29, 1.82) is 0 Å². The van der Waals surface area contributed by atoms with Crippen LogP contribution in [0.15, 0.2) is 58.4 Å². The monoisotopic (exact) mass is 327 g/mol. The molecule has 3 aromatic rings. The third-order valence-electron chi connectivity index (χ3n) is 3.40. The van der Waals surface area contributed by atoms with Crippen LogP contribution >= 0.6 is 11.8 Å². The first kappa shape index (κ1) is 15.4. The molecule has 0 saturated carbocycles. The van der Waals surface area contributed by atoms with Gasteiger partial charge in [-0.3, -0.25) is 4.79 Å². The number of aromatic nitrogens is 2. The van der Waals surface area contributed by atoms with E-state index < -0.39 is 0 Å². The molecule has 0 saturated heterocycles. The molecule has 2 heterocycles. The van der Waals surface area contributed by atoms with Crippen LogP contribution in [0.4, 0.5) is 5.69 Å². The molecule has 5 nitrogen and oxygen atoms in total. The summed E-state index contributed by atoms with van der Waals surface area (Å²) < 4.78 is 7.57. The molecule has 0 unspecified atom stereocenters. The summed E-state index contributed by atoms with van der Waals surface area (Å²) in [4.78, 5) is 16.5. The summed E-state index contributed by atoms with van der Waals surface area (Å²) in [6.07, 6.45) is 3.65. The van der Waals surface area contributed by atoms with Crippen LogP contribution in [0.1, 0.15) is 21.9 Å². The maximum Gasteiger partial charge on any atom is 0.291 e. The van der Waals surface area contributed by atoms with E-state index in [9.17, 15) is 4.79 Å². The molecule has 0 aliphatic carbocycles. The standard InChI is InChI=1S/C17H17N3O2S/c1-12-5-3-4-6-14(12)19-16(21)15-8-7-13(22-15)11-23-17-18-9-10-20(17)2/h3-10H,11H2,1-2H3,(H,19,21). The van der Waals surface area contributed by atoms with Crippen LogP contribution in [0.5, 0.6) is 0 Å². The smallest absolute Gasteiger partial charge is 0.291 e. The molecule has 0 fully saturated rings. The highest BCUT2D eigenvalue weighted by molar-refractivity contribution is 7.98. The van der Waals surface area contributed by atoms with Crippen molar-refractivity contribution in [3.05, 3.63) is 65.9 Å². The molecule has 6 heteroatoms. The van der Waals surface area contributed by atoms with Gasteiger partial charge in [-0.2, -0.15) is 0 Å². The largest absolute Gasteiger partial charge is 0.455 e. The Hall–Kier alpha value is -2.47. The van der Waals surface area contributed by atoms with E-state index in [1.807, 2.05) is 55.1 Å². The lowest BCUT2D eigenvalue weighted by atomic mass is 10.2. The van der Waals surface area contributed by atoms with Gasteiger partial charge in [0.1, 0.15) is 5.76 Å². The molecule has 0 atom stereocenters. The predicted octanol–water partition coefficient (Wildman–Crippen LogP) is 3.87. The molecule has 23 heavy (non-hydrogen) atoms. The van der Waals surface area contributed by atoms with E-state index in [2.05, 4.69) is 10.3 Å². The van der Waals surface area contributed by atoms with Crippen molar-refractivity contribution in [2.45, 2.75) is 17.8 Å². The summed E-state index contributed by atoms with van der Waals surface area (Å²) in [5.41, 5.74) is 1.80. The lowest BCUT2D eigenvalue weighted by Crippen LogP contribution is -2.11. The molecule has 0 spiro atoms. The van der Waals surface area contributed by atoms with Crippen molar-refractivity contribution in [3.63, 3.8) is 0 Å². The van der Waals surface area contributed by atoms with Crippen LogP contribution in [0, 0.1) is 6.92 Å². The highest BCUT2D eigenvalue weighted by Crippen LogP contribution is 2.22. The summed E-state index contributed by atoms with van der Waals surface area (Å²) in [6, 6.07) is 11.2. The number of imidazole rings is 1. The van der Waals surface area contributed by atoms with Crippen molar-refractivity contribution in [2.75, 3.05) is 5.32 Å². The van der Waals surface area contributed by atoms with Gasteiger partial charge in [0.05, 0.1) is 5.75 Å². The van der Waals surface area contributed by atoms with E-state index in [0.29, 0.717) is 11.5 Å². The number of para-hydroxylation sites is 1. The van der Waals surface area contributed by atoms with Crippen LogP contribution in [0.2, 0.25) is 0 Å². The van der Waals surface area contributed by atoms with Crippen molar-refractivity contribution in [3.8, 4) is 0 Å². The van der Waals surface area contributed by atoms with Crippen molar-refractivity contribution < 1.29 is 9.21 Å². The third-order valence-corrected chi connectivity index (χ3v) is 4.48. The van der Waals surface area contributed by atoms with E-state index >= 15 is 0 Å². The fraction of sp³-hybridized carbons (Fsp3) is 0.176. The Morgan fingerprint density at radius 1 is 1.30 bits per heavy atom. The number of benzene rings is 1. The van der Waals surface area contributed by atoms with Crippen LogP contribution in [0.3, 0.4) is 0 Å². The summed E-state index contributed by atoms with van der Waals surface area (Å²) in [7, 11) is 1.94. The van der Waals surface area contributed by atoms with Gasteiger partial charge in [0.25, 0.3) is 5.91 Å². The summed E-state index contributed by atoms with van der Waals surface area (Å²) in [5.74, 6) is 1.44. The second-order valence-corrected chi connectivity index (χ2v) is 6.09. The quantitative estimate of drug-likeness (QED) is 0.723. The number of carbonyl (C=O) groups excluding carboxylic acids is 1.